The van der Waals surface area contributed by atoms with Crippen LogP contribution in [0.25, 0.3) is 11.1 Å². The number of hydrogen-bond acceptors (Lipinski definition) is 0. The van der Waals surface area contributed by atoms with Gasteiger partial charge in [-0.3, -0.25) is 0 Å². The first-order valence-electron chi connectivity index (χ1n) is 9.80. The van der Waals surface area contributed by atoms with Gasteiger partial charge in [-0.25, -0.2) is 0 Å². The third kappa shape index (κ3) is 3.82. The zero-order valence-corrected chi connectivity index (χ0v) is 16.1. The number of benzene rings is 4. The second-order valence-corrected chi connectivity index (χ2v) is 7.02. The van der Waals surface area contributed by atoms with E-state index in [1.165, 1.54) is 33.4 Å². The van der Waals surface area contributed by atoms with Crippen LogP contribution < -0.4 is 0 Å². The topological polar surface area (TPSA) is 0 Å². The van der Waals surface area contributed by atoms with E-state index in [-0.39, 0.29) is 5.92 Å². The van der Waals surface area contributed by atoms with Gasteiger partial charge >= 0.3 is 0 Å². The quantitative estimate of drug-likeness (QED) is 0.324. The van der Waals surface area contributed by atoms with Crippen LogP contribution in [0.5, 0.6) is 0 Å². The molecular formula is C28H24. The molecule has 0 aliphatic carbocycles. The highest BCUT2D eigenvalue weighted by molar-refractivity contribution is 6.00. The lowest BCUT2D eigenvalue weighted by atomic mass is 9.80. The summed E-state index contributed by atoms with van der Waals surface area (Å²) in [5.74, 6) is 0.263. The van der Waals surface area contributed by atoms with Gasteiger partial charge in [0.1, 0.15) is 0 Å². The van der Waals surface area contributed by atoms with Gasteiger partial charge in [0.2, 0.25) is 0 Å². The van der Waals surface area contributed by atoms with Gasteiger partial charge in [-0.05, 0) is 33.4 Å². The minimum atomic E-state index is 0.263. The van der Waals surface area contributed by atoms with Gasteiger partial charge in [0, 0.05) is 5.92 Å². The third-order valence-electron chi connectivity index (χ3n) is 5.21. The van der Waals surface area contributed by atoms with Crippen LogP contribution in [-0.4, -0.2) is 0 Å². The summed E-state index contributed by atoms with van der Waals surface area (Å²) >= 11 is 0. The Morgan fingerprint density at radius 3 is 1.25 bits per heavy atom. The Hall–Kier alpha value is -3.38. The molecule has 0 saturated carbocycles. The average Bonchev–Trinajstić information content (AvgIpc) is 2.79. The first-order valence-corrected chi connectivity index (χ1v) is 9.80. The van der Waals surface area contributed by atoms with Crippen molar-refractivity contribution in [2.75, 3.05) is 0 Å². The first-order chi connectivity index (χ1) is 13.8. The van der Waals surface area contributed by atoms with Gasteiger partial charge in [0.25, 0.3) is 0 Å². The Labute approximate surface area is 167 Å². The van der Waals surface area contributed by atoms with Crippen molar-refractivity contribution >= 4 is 11.1 Å². The molecule has 0 fully saturated rings. The summed E-state index contributed by atoms with van der Waals surface area (Å²) in [5, 5.41) is 0. The molecule has 136 valence electrons. The zero-order chi connectivity index (χ0) is 19.2. The van der Waals surface area contributed by atoms with Crippen molar-refractivity contribution in [3.63, 3.8) is 0 Å². The summed E-state index contributed by atoms with van der Waals surface area (Å²) in [6, 6.07) is 43.0. The van der Waals surface area contributed by atoms with E-state index < -0.39 is 0 Å². The molecule has 0 N–H and O–H groups in total. The molecule has 0 saturated heterocycles. The van der Waals surface area contributed by atoms with E-state index in [1.54, 1.807) is 0 Å². The van der Waals surface area contributed by atoms with Crippen LogP contribution in [0.15, 0.2) is 121 Å². The Bertz CT molecular complexity index is 989. The second kappa shape index (κ2) is 8.54. The van der Waals surface area contributed by atoms with E-state index in [9.17, 15) is 0 Å². The van der Waals surface area contributed by atoms with Crippen molar-refractivity contribution in [1.82, 2.24) is 0 Å². The maximum absolute atomic E-state index is 2.31. The van der Waals surface area contributed by atoms with Crippen LogP contribution in [-0.2, 0) is 0 Å². The number of rotatable bonds is 5. The van der Waals surface area contributed by atoms with Crippen molar-refractivity contribution in [2.45, 2.75) is 12.8 Å². The van der Waals surface area contributed by atoms with Crippen LogP contribution in [0.4, 0.5) is 0 Å². The fraction of sp³-hybridized carbons (Fsp3) is 0.0714. The Balaban J connectivity index is 2.03. The molecule has 0 heteroatoms. The summed E-state index contributed by atoms with van der Waals surface area (Å²) in [4.78, 5) is 0. The fourth-order valence-electron chi connectivity index (χ4n) is 3.82. The first kappa shape index (κ1) is 18.0. The SMILES string of the molecule is CC(C(=C(c1ccccc1)c1ccccc1)c1ccccc1)c1ccccc1. The molecule has 0 aliphatic rings. The van der Waals surface area contributed by atoms with Gasteiger partial charge in [-0.2, -0.15) is 0 Å². The lowest BCUT2D eigenvalue weighted by molar-refractivity contribution is 0.990. The molecule has 0 aliphatic heterocycles. The van der Waals surface area contributed by atoms with Gasteiger partial charge in [0.15, 0.2) is 0 Å². The molecule has 0 radical (unpaired) electrons. The van der Waals surface area contributed by atoms with Crippen LogP contribution in [0, 0.1) is 0 Å². The van der Waals surface area contributed by atoms with Gasteiger partial charge in [-0.1, -0.05) is 128 Å². The van der Waals surface area contributed by atoms with E-state index in [1.807, 2.05) is 0 Å². The lowest BCUT2D eigenvalue weighted by Crippen LogP contribution is -2.03. The van der Waals surface area contributed by atoms with Crippen molar-refractivity contribution in [2.24, 2.45) is 0 Å². The minimum Gasteiger partial charge on any atom is -0.0622 e. The maximum Gasteiger partial charge on any atom is 0.00733 e. The van der Waals surface area contributed by atoms with Gasteiger partial charge < -0.3 is 0 Å². The molecule has 0 spiro atoms. The molecule has 4 rings (SSSR count). The molecule has 0 amide bonds. The molecule has 4 aromatic carbocycles. The fourth-order valence-corrected chi connectivity index (χ4v) is 3.82. The Morgan fingerprint density at radius 1 is 0.464 bits per heavy atom. The largest absolute Gasteiger partial charge is 0.0622 e. The highest BCUT2D eigenvalue weighted by atomic mass is 14.2. The molecule has 4 aromatic rings. The van der Waals surface area contributed by atoms with Crippen LogP contribution in [0.1, 0.15) is 35.1 Å². The summed E-state index contributed by atoms with van der Waals surface area (Å²) in [5.41, 5.74) is 7.73. The number of allylic oxidation sites excluding steroid dienone is 1. The lowest BCUT2D eigenvalue weighted by Gasteiger charge is -2.23. The van der Waals surface area contributed by atoms with Crippen molar-refractivity contribution in [3.05, 3.63) is 144 Å². The second-order valence-electron chi connectivity index (χ2n) is 7.02. The smallest absolute Gasteiger partial charge is 0.00733 e. The molecule has 28 heavy (non-hydrogen) atoms. The standard InChI is InChI=1S/C28H24/c1-22(23-14-6-2-7-15-23)27(24-16-8-3-9-17-24)28(25-18-10-4-11-19-25)26-20-12-5-13-21-26/h2-22H,1H3. The van der Waals surface area contributed by atoms with E-state index in [4.69, 9.17) is 0 Å². The van der Waals surface area contributed by atoms with E-state index >= 15 is 0 Å². The Morgan fingerprint density at radius 2 is 0.821 bits per heavy atom. The van der Waals surface area contributed by atoms with Crippen molar-refractivity contribution < 1.29 is 0 Å². The summed E-state index contributed by atoms with van der Waals surface area (Å²) in [7, 11) is 0. The molecule has 1 unspecified atom stereocenters. The Kier molecular flexibility index (Phi) is 5.49. The third-order valence-corrected chi connectivity index (χ3v) is 5.21. The summed E-state index contributed by atoms with van der Waals surface area (Å²) < 4.78 is 0. The van der Waals surface area contributed by atoms with Crippen LogP contribution in [0.3, 0.4) is 0 Å². The van der Waals surface area contributed by atoms with Crippen molar-refractivity contribution in [1.29, 1.82) is 0 Å². The molecular weight excluding hydrogens is 336 g/mol. The summed E-state index contributed by atoms with van der Waals surface area (Å²) in [6.07, 6.45) is 0. The van der Waals surface area contributed by atoms with E-state index in [0.717, 1.165) is 0 Å². The molecule has 0 heterocycles. The highest BCUT2D eigenvalue weighted by Crippen LogP contribution is 2.40. The molecule has 0 aromatic heterocycles. The van der Waals surface area contributed by atoms with Crippen molar-refractivity contribution in [3.8, 4) is 0 Å². The predicted octanol–water partition coefficient (Wildman–Crippen LogP) is 7.45. The van der Waals surface area contributed by atoms with Gasteiger partial charge in [-0.15, -0.1) is 0 Å². The highest BCUT2D eigenvalue weighted by Gasteiger charge is 2.20. The average molecular weight is 361 g/mol. The molecule has 0 nitrogen and oxygen atoms in total. The monoisotopic (exact) mass is 360 g/mol. The zero-order valence-electron chi connectivity index (χ0n) is 16.1. The molecule has 1 atom stereocenters. The maximum atomic E-state index is 2.31. The normalized spacial score (nSPS) is 11.6. The predicted molar refractivity (Wildman–Crippen MR) is 120 cm³/mol. The molecule has 0 bridgehead atoms. The van der Waals surface area contributed by atoms with E-state index in [0.29, 0.717) is 0 Å². The number of hydrogen-bond donors (Lipinski definition) is 0. The van der Waals surface area contributed by atoms with Crippen LogP contribution in [0.2, 0.25) is 0 Å². The van der Waals surface area contributed by atoms with Gasteiger partial charge in [0.05, 0.1) is 0 Å². The van der Waals surface area contributed by atoms with E-state index in [2.05, 4.69) is 128 Å². The van der Waals surface area contributed by atoms with Crippen LogP contribution >= 0.6 is 0 Å². The minimum absolute atomic E-state index is 0.263. The summed E-state index contributed by atoms with van der Waals surface area (Å²) in [6.45, 7) is 2.31.